The zero-order chi connectivity index (χ0) is 24.9. The molecule has 3 heterocycles. The van der Waals surface area contributed by atoms with Crippen molar-refractivity contribution < 1.29 is 18.7 Å². The number of hydrogen-bond donors (Lipinski definition) is 4. The average Bonchev–Trinajstić information content (AvgIpc) is 3.21. The molecule has 1 aliphatic heterocycles. The number of amides is 1. The number of nitrogens with one attached hydrogen (secondary N) is 2. The summed E-state index contributed by atoms with van der Waals surface area (Å²) in [6, 6.07) is 4.73. The second-order valence-electron chi connectivity index (χ2n) is 8.23. The quantitative estimate of drug-likeness (QED) is 0.217. The lowest BCUT2D eigenvalue weighted by atomic mass is 10.0. The SMILES string of the molecule is COCCO/C(N)=C/c1c(N2CCNCC2)ccc(C(=O)Nc2cc(F)c3nc(C)cn3c2)c1N. The van der Waals surface area contributed by atoms with Crippen LogP contribution in [0.15, 0.2) is 36.5 Å². The van der Waals surface area contributed by atoms with Gasteiger partial charge in [0.1, 0.15) is 6.61 Å². The Morgan fingerprint density at radius 1 is 1.29 bits per heavy atom. The summed E-state index contributed by atoms with van der Waals surface area (Å²) in [5, 5.41) is 6.05. The highest BCUT2D eigenvalue weighted by Crippen LogP contribution is 2.32. The Balaban J connectivity index is 1.66. The van der Waals surface area contributed by atoms with Gasteiger partial charge in [-0.1, -0.05) is 0 Å². The van der Waals surface area contributed by atoms with Gasteiger partial charge in [0.25, 0.3) is 5.91 Å². The van der Waals surface area contributed by atoms with Crippen LogP contribution in [0, 0.1) is 12.7 Å². The Morgan fingerprint density at radius 3 is 2.80 bits per heavy atom. The Labute approximate surface area is 202 Å². The Kier molecular flexibility index (Phi) is 7.37. The largest absolute Gasteiger partial charge is 0.477 e. The highest BCUT2D eigenvalue weighted by Gasteiger charge is 2.21. The third kappa shape index (κ3) is 5.47. The molecule has 0 spiro atoms. The van der Waals surface area contributed by atoms with E-state index >= 15 is 0 Å². The number of nitrogen functional groups attached to an aromatic ring is 1. The van der Waals surface area contributed by atoms with Gasteiger partial charge in [-0.15, -0.1) is 0 Å². The predicted molar refractivity (Wildman–Crippen MR) is 134 cm³/mol. The molecular weight excluding hydrogens is 453 g/mol. The lowest BCUT2D eigenvalue weighted by molar-refractivity contribution is 0.102. The Morgan fingerprint density at radius 2 is 2.06 bits per heavy atom. The minimum absolute atomic E-state index is 0.158. The molecule has 3 aromatic rings. The second-order valence-corrected chi connectivity index (χ2v) is 8.23. The number of anilines is 3. The first-order valence-electron chi connectivity index (χ1n) is 11.3. The number of aryl methyl sites for hydroxylation is 1. The molecule has 0 atom stereocenters. The zero-order valence-corrected chi connectivity index (χ0v) is 19.8. The maximum Gasteiger partial charge on any atom is 0.257 e. The third-order valence-electron chi connectivity index (χ3n) is 5.69. The first-order valence-corrected chi connectivity index (χ1v) is 11.3. The number of pyridine rings is 1. The van der Waals surface area contributed by atoms with E-state index in [-0.39, 0.29) is 35.1 Å². The van der Waals surface area contributed by atoms with Crippen molar-refractivity contribution in [3.63, 3.8) is 0 Å². The number of nitrogens with two attached hydrogens (primary N) is 2. The van der Waals surface area contributed by atoms with E-state index in [0.29, 0.717) is 17.9 Å². The molecule has 0 aliphatic carbocycles. The van der Waals surface area contributed by atoms with E-state index < -0.39 is 11.7 Å². The van der Waals surface area contributed by atoms with E-state index in [4.69, 9.17) is 20.9 Å². The van der Waals surface area contributed by atoms with Gasteiger partial charge in [-0.05, 0) is 19.1 Å². The number of piperazine rings is 1. The van der Waals surface area contributed by atoms with Gasteiger partial charge in [-0.3, -0.25) is 4.79 Å². The fraction of sp³-hybridized carbons (Fsp3) is 0.333. The van der Waals surface area contributed by atoms with Crippen LogP contribution in [0.5, 0.6) is 0 Å². The van der Waals surface area contributed by atoms with Gasteiger partial charge >= 0.3 is 0 Å². The molecular formula is C24H30FN7O3. The number of carbonyl (C=O) groups excluding carboxylic acids is 1. The molecule has 11 heteroatoms. The van der Waals surface area contributed by atoms with Crippen LogP contribution in [-0.4, -0.2) is 61.8 Å². The van der Waals surface area contributed by atoms with E-state index in [0.717, 1.165) is 31.9 Å². The number of halogens is 1. The van der Waals surface area contributed by atoms with Crippen LogP contribution in [0.1, 0.15) is 21.6 Å². The van der Waals surface area contributed by atoms with Gasteiger partial charge in [0.05, 0.1) is 29.2 Å². The molecule has 10 nitrogen and oxygen atoms in total. The van der Waals surface area contributed by atoms with Crippen LogP contribution in [0.2, 0.25) is 0 Å². The molecule has 6 N–H and O–H groups in total. The number of imidazole rings is 1. The summed E-state index contributed by atoms with van der Waals surface area (Å²) in [7, 11) is 1.57. The maximum atomic E-state index is 14.5. The molecule has 0 bridgehead atoms. The van der Waals surface area contributed by atoms with Crippen LogP contribution in [0.25, 0.3) is 11.7 Å². The summed E-state index contributed by atoms with van der Waals surface area (Å²) in [6.07, 6.45) is 4.91. The van der Waals surface area contributed by atoms with Gasteiger partial charge in [0, 0.05) is 69.1 Å². The monoisotopic (exact) mass is 483 g/mol. The fourth-order valence-corrected chi connectivity index (χ4v) is 4.03. The van der Waals surface area contributed by atoms with E-state index in [1.807, 2.05) is 6.07 Å². The van der Waals surface area contributed by atoms with Crippen molar-refractivity contribution >= 4 is 34.7 Å². The van der Waals surface area contributed by atoms with Gasteiger partial charge in [-0.25, -0.2) is 9.37 Å². The zero-order valence-electron chi connectivity index (χ0n) is 19.8. The number of benzene rings is 1. The van der Waals surface area contributed by atoms with Crippen molar-refractivity contribution in [2.75, 3.05) is 62.5 Å². The average molecular weight is 484 g/mol. The van der Waals surface area contributed by atoms with Crippen molar-refractivity contribution in [3.05, 3.63) is 59.1 Å². The van der Waals surface area contributed by atoms with Crippen molar-refractivity contribution in [3.8, 4) is 0 Å². The number of ether oxygens (including phenoxy) is 2. The first-order chi connectivity index (χ1) is 16.9. The lowest BCUT2D eigenvalue weighted by Crippen LogP contribution is -2.43. The molecule has 0 radical (unpaired) electrons. The van der Waals surface area contributed by atoms with Gasteiger partial charge < -0.3 is 40.9 Å². The van der Waals surface area contributed by atoms with Crippen LogP contribution >= 0.6 is 0 Å². The van der Waals surface area contributed by atoms with Crippen LogP contribution < -0.4 is 27.0 Å². The summed E-state index contributed by atoms with van der Waals surface area (Å²) in [5.41, 5.74) is 15.6. The molecule has 4 rings (SSSR count). The topological polar surface area (TPSA) is 132 Å². The van der Waals surface area contributed by atoms with E-state index in [1.54, 1.807) is 38.6 Å². The summed E-state index contributed by atoms with van der Waals surface area (Å²) in [4.78, 5) is 19.5. The summed E-state index contributed by atoms with van der Waals surface area (Å²) in [6.45, 7) is 5.64. The molecule has 1 saturated heterocycles. The number of fused-ring (bicyclic) bond motifs is 1. The van der Waals surface area contributed by atoms with Gasteiger partial charge in [0.15, 0.2) is 17.3 Å². The van der Waals surface area contributed by atoms with Crippen molar-refractivity contribution in [1.82, 2.24) is 14.7 Å². The van der Waals surface area contributed by atoms with Crippen molar-refractivity contribution in [1.29, 1.82) is 0 Å². The number of nitrogens with zero attached hydrogens (tertiary/aromatic N) is 3. The molecule has 186 valence electrons. The smallest absolute Gasteiger partial charge is 0.257 e. The fourth-order valence-electron chi connectivity index (χ4n) is 4.03. The third-order valence-corrected chi connectivity index (χ3v) is 5.69. The van der Waals surface area contributed by atoms with E-state index in [2.05, 4.69) is 20.5 Å². The van der Waals surface area contributed by atoms with Crippen molar-refractivity contribution in [2.24, 2.45) is 5.73 Å². The van der Waals surface area contributed by atoms with Crippen LogP contribution in [-0.2, 0) is 9.47 Å². The number of hydrogen-bond acceptors (Lipinski definition) is 8. The normalized spacial score (nSPS) is 14.4. The molecule has 0 saturated carbocycles. The Bertz CT molecular complexity index is 1250. The van der Waals surface area contributed by atoms with E-state index in [9.17, 15) is 9.18 Å². The highest BCUT2D eigenvalue weighted by atomic mass is 19.1. The maximum absolute atomic E-state index is 14.5. The minimum atomic E-state index is -0.539. The highest BCUT2D eigenvalue weighted by molar-refractivity contribution is 6.09. The molecule has 1 amide bonds. The molecule has 1 fully saturated rings. The summed E-state index contributed by atoms with van der Waals surface area (Å²) >= 11 is 0. The van der Waals surface area contributed by atoms with Gasteiger partial charge in [0.2, 0.25) is 0 Å². The number of rotatable bonds is 8. The molecule has 0 unspecified atom stereocenters. The standard InChI is InChI=1S/C24H30FN7O3/c1-15-13-32-14-16(11-19(25)23(32)29-15)30-24(33)17-3-4-20(31-7-5-28-6-8-31)18(22(17)27)12-21(26)35-10-9-34-2/h3-4,11-14,28H,5-10,26-27H2,1-2H3,(H,30,33)/b21-12+. The molecule has 1 aromatic carbocycles. The summed E-state index contributed by atoms with van der Waals surface area (Å²) in [5.74, 6) is -0.855. The molecule has 2 aromatic heterocycles. The summed E-state index contributed by atoms with van der Waals surface area (Å²) < 4.78 is 26.5. The second kappa shape index (κ2) is 10.6. The van der Waals surface area contributed by atoms with Gasteiger partial charge in [-0.2, -0.15) is 0 Å². The predicted octanol–water partition coefficient (Wildman–Crippen LogP) is 1.95. The lowest BCUT2D eigenvalue weighted by Gasteiger charge is -2.31. The number of aromatic nitrogens is 2. The molecule has 1 aliphatic rings. The Hall–Kier alpha value is -3.83. The number of carbonyl (C=O) groups is 1. The minimum Gasteiger partial charge on any atom is -0.477 e. The van der Waals surface area contributed by atoms with E-state index in [1.165, 1.54) is 10.5 Å². The van der Waals surface area contributed by atoms with Crippen molar-refractivity contribution in [2.45, 2.75) is 6.92 Å². The van der Waals surface area contributed by atoms with Crippen LogP contribution in [0.3, 0.4) is 0 Å². The van der Waals surface area contributed by atoms with Crippen LogP contribution in [0.4, 0.5) is 21.5 Å². The first kappa shape index (κ1) is 24.3. The molecule has 35 heavy (non-hydrogen) atoms. The number of methoxy groups -OCH3 is 1.